The van der Waals surface area contributed by atoms with Gasteiger partial charge in [-0.25, -0.2) is 0 Å². The molecule has 5 aromatic carbocycles. The molecule has 226 valence electrons. The Hall–Kier alpha value is -4.30. The molecule has 0 aliphatic rings. The van der Waals surface area contributed by atoms with Gasteiger partial charge >= 0.3 is 0 Å². The first-order valence-electron chi connectivity index (χ1n) is 16.2. The van der Waals surface area contributed by atoms with Gasteiger partial charge in [0, 0.05) is 33.9 Å². The van der Waals surface area contributed by atoms with Crippen LogP contribution in [0.5, 0.6) is 0 Å². The number of rotatable bonds is 10. The summed E-state index contributed by atoms with van der Waals surface area (Å²) in [7, 11) is 0. The fraction of sp³-hybridized carbons (Fsp3) is 0.286. The van der Waals surface area contributed by atoms with E-state index in [9.17, 15) is 0 Å². The van der Waals surface area contributed by atoms with Crippen molar-refractivity contribution in [2.24, 2.45) is 0 Å². The van der Waals surface area contributed by atoms with Gasteiger partial charge in [0.1, 0.15) is 0 Å². The fourth-order valence-electron chi connectivity index (χ4n) is 6.18. The molecule has 5 aromatic rings. The van der Waals surface area contributed by atoms with Gasteiger partial charge < -0.3 is 10.6 Å². The second-order valence-corrected chi connectivity index (χ2v) is 13.2. The average molecular weight is 581 g/mol. The van der Waals surface area contributed by atoms with Crippen LogP contribution in [0.25, 0.3) is 22.3 Å². The van der Waals surface area contributed by atoms with Crippen LogP contribution in [0.15, 0.2) is 109 Å². The Morgan fingerprint density at radius 1 is 0.341 bits per heavy atom. The van der Waals surface area contributed by atoms with Crippen LogP contribution in [0.3, 0.4) is 0 Å². The van der Waals surface area contributed by atoms with Gasteiger partial charge in [-0.3, -0.25) is 0 Å². The van der Waals surface area contributed by atoms with Crippen molar-refractivity contribution in [2.45, 2.75) is 79.1 Å². The molecule has 0 radical (unpaired) electrons. The molecule has 0 saturated heterocycles. The molecule has 0 heterocycles. The smallest absolute Gasteiger partial charge is 0.0464 e. The van der Waals surface area contributed by atoms with E-state index in [0.29, 0.717) is 23.7 Å². The predicted molar refractivity (Wildman–Crippen MR) is 193 cm³/mol. The molecule has 0 fully saturated rings. The minimum Gasteiger partial charge on any atom is -0.355 e. The summed E-state index contributed by atoms with van der Waals surface area (Å²) in [4.78, 5) is 0. The molecule has 0 saturated carbocycles. The van der Waals surface area contributed by atoms with E-state index in [2.05, 4.69) is 175 Å². The maximum Gasteiger partial charge on any atom is 0.0464 e. The Labute approximate surface area is 265 Å². The second-order valence-electron chi connectivity index (χ2n) is 13.2. The van der Waals surface area contributed by atoms with E-state index < -0.39 is 0 Å². The zero-order chi connectivity index (χ0) is 31.4. The third-order valence-corrected chi connectivity index (χ3v) is 8.63. The van der Waals surface area contributed by atoms with Crippen molar-refractivity contribution in [3.8, 4) is 22.3 Å². The van der Waals surface area contributed by atoms with E-state index in [1.807, 2.05) is 0 Å². The molecule has 0 unspecified atom stereocenters. The monoisotopic (exact) mass is 580 g/mol. The SMILES string of the molecule is CC(C)c1cccc(C(C)C)c1Nc1ccccc1-c1ccc(-c2ccccc2Nc2c(C(C)C)cccc2C(C)C)cc1. The summed E-state index contributed by atoms with van der Waals surface area (Å²) in [6.45, 7) is 18.2. The van der Waals surface area contributed by atoms with Crippen molar-refractivity contribution in [1.29, 1.82) is 0 Å². The highest BCUT2D eigenvalue weighted by atomic mass is 14.9. The number of hydrogen-bond donors (Lipinski definition) is 2. The zero-order valence-corrected chi connectivity index (χ0v) is 27.7. The molecule has 0 atom stereocenters. The Morgan fingerprint density at radius 2 is 0.636 bits per heavy atom. The molecule has 5 rings (SSSR count). The van der Waals surface area contributed by atoms with Gasteiger partial charge in [0.05, 0.1) is 0 Å². The number of benzene rings is 5. The molecule has 0 aliphatic heterocycles. The van der Waals surface area contributed by atoms with E-state index in [-0.39, 0.29) is 0 Å². The van der Waals surface area contributed by atoms with E-state index in [4.69, 9.17) is 0 Å². The van der Waals surface area contributed by atoms with E-state index >= 15 is 0 Å². The van der Waals surface area contributed by atoms with Gasteiger partial charge in [-0.2, -0.15) is 0 Å². The predicted octanol–water partition coefficient (Wildman–Crippen LogP) is 13.0. The summed E-state index contributed by atoms with van der Waals surface area (Å²) in [6.07, 6.45) is 0. The van der Waals surface area contributed by atoms with Crippen LogP contribution in [-0.2, 0) is 0 Å². The Kier molecular flexibility index (Phi) is 9.59. The first kappa shape index (κ1) is 31.1. The highest BCUT2D eigenvalue weighted by Crippen LogP contribution is 2.40. The van der Waals surface area contributed by atoms with Crippen molar-refractivity contribution in [2.75, 3.05) is 10.6 Å². The van der Waals surface area contributed by atoms with E-state index in [1.165, 1.54) is 55.9 Å². The fourth-order valence-corrected chi connectivity index (χ4v) is 6.18. The molecule has 2 N–H and O–H groups in total. The number of anilines is 4. The molecule has 2 nitrogen and oxygen atoms in total. The van der Waals surface area contributed by atoms with E-state index in [0.717, 1.165) is 11.4 Å². The van der Waals surface area contributed by atoms with Crippen molar-refractivity contribution in [1.82, 2.24) is 0 Å². The first-order chi connectivity index (χ1) is 21.2. The summed E-state index contributed by atoms with van der Waals surface area (Å²) < 4.78 is 0. The third-order valence-electron chi connectivity index (χ3n) is 8.63. The van der Waals surface area contributed by atoms with Crippen LogP contribution in [0.4, 0.5) is 22.7 Å². The summed E-state index contributed by atoms with van der Waals surface area (Å²) in [6, 6.07) is 39.8. The average Bonchev–Trinajstić information content (AvgIpc) is 3.01. The molecule has 2 heteroatoms. The highest BCUT2D eigenvalue weighted by molar-refractivity contribution is 5.86. The molecular weight excluding hydrogens is 532 g/mol. The number of hydrogen-bond acceptors (Lipinski definition) is 2. The van der Waals surface area contributed by atoms with Gasteiger partial charge in [0.25, 0.3) is 0 Å². The Balaban J connectivity index is 1.50. The molecule has 0 bridgehead atoms. The number of para-hydroxylation sites is 4. The normalized spacial score (nSPS) is 11.5. The minimum absolute atomic E-state index is 0.431. The highest BCUT2D eigenvalue weighted by Gasteiger charge is 2.17. The molecular formula is C42H48N2. The molecule has 0 aliphatic carbocycles. The lowest BCUT2D eigenvalue weighted by Gasteiger charge is -2.23. The van der Waals surface area contributed by atoms with Crippen molar-refractivity contribution in [3.05, 3.63) is 131 Å². The minimum atomic E-state index is 0.431. The summed E-state index contributed by atoms with van der Waals surface area (Å²) in [5.74, 6) is 1.72. The van der Waals surface area contributed by atoms with Crippen LogP contribution in [0.2, 0.25) is 0 Å². The summed E-state index contributed by atoms with van der Waals surface area (Å²) >= 11 is 0. The van der Waals surface area contributed by atoms with Gasteiger partial charge in [-0.1, -0.05) is 152 Å². The van der Waals surface area contributed by atoms with Crippen LogP contribution in [-0.4, -0.2) is 0 Å². The molecule has 0 aromatic heterocycles. The Bertz CT molecular complexity index is 1530. The maximum atomic E-state index is 3.87. The van der Waals surface area contributed by atoms with Crippen LogP contribution in [0, 0.1) is 0 Å². The molecule has 0 spiro atoms. The maximum absolute atomic E-state index is 3.87. The number of nitrogens with one attached hydrogen (secondary N) is 2. The lowest BCUT2D eigenvalue weighted by atomic mass is 9.91. The lowest BCUT2D eigenvalue weighted by Crippen LogP contribution is -2.04. The second kappa shape index (κ2) is 13.6. The van der Waals surface area contributed by atoms with Gasteiger partial charge in [-0.15, -0.1) is 0 Å². The zero-order valence-electron chi connectivity index (χ0n) is 27.7. The van der Waals surface area contributed by atoms with Crippen molar-refractivity contribution < 1.29 is 0 Å². The summed E-state index contributed by atoms with van der Waals surface area (Å²) in [5, 5.41) is 7.74. The van der Waals surface area contributed by atoms with Crippen molar-refractivity contribution in [3.63, 3.8) is 0 Å². The van der Waals surface area contributed by atoms with Crippen LogP contribution < -0.4 is 10.6 Å². The van der Waals surface area contributed by atoms with Crippen LogP contribution in [0.1, 0.15) is 101 Å². The van der Waals surface area contributed by atoms with Gasteiger partial charge in [-0.05, 0) is 69.2 Å². The largest absolute Gasteiger partial charge is 0.355 e. The first-order valence-corrected chi connectivity index (χ1v) is 16.2. The molecule has 44 heavy (non-hydrogen) atoms. The molecule has 0 amide bonds. The third kappa shape index (κ3) is 6.60. The van der Waals surface area contributed by atoms with Gasteiger partial charge in [0.15, 0.2) is 0 Å². The van der Waals surface area contributed by atoms with Gasteiger partial charge in [0.2, 0.25) is 0 Å². The van der Waals surface area contributed by atoms with E-state index in [1.54, 1.807) is 0 Å². The quantitative estimate of drug-likeness (QED) is 0.172. The summed E-state index contributed by atoms with van der Waals surface area (Å²) in [5.41, 5.74) is 14.9. The Morgan fingerprint density at radius 3 is 0.932 bits per heavy atom. The lowest BCUT2D eigenvalue weighted by molar-refractivity contribution is 0.838. The van der Waals surface area contributed by atoms with Crippen molar-refractivity contribution >= 4 is 22.7 Å². The van der Waals surface area contributed by atoms with Crippen LogP contribution >= 0.6 is 0 Å². The topological polar surface area (TPSA) is 24.1 Å². The standard InChI is InChI=1S/C42H48N2/c1-27(2)33-17-13-18-34(28(3)4)41(33)43-39-21-11-9-15-37(39)31-23-25-32(26-24-31)38-16-10-12-22-40(38)44-42-35(29(5)6)19-14-20-36(42)30(7)8/h9-30,43-44H,1-8H3.